The molecule has 0 aliphatic rings. The van der Waals surface area contributed by atoms with E-state index in [-0.39, 0.29) is 16.6 Å². The van der Waals surface area contributed by atoms with Crippen LogP contribution in [0.2, 0.25) is 0 Å². The molecule has 0 aliphatic carbocycles. The minimum atomic E-state index is -1.83. The van der Waals surface area contributed by atoms with Gasteiger partial charge in [-0.1, -0.05) is 12.1 Å². The van der Waals surface area contributed by atoms with Gasteiger partial charge in [0.1, 0.15) is 5.82 Å². The predicted octanol–water partition coefficient (Wildman–Crippen LogP) is 3.63. The third-order valence-corrected chi connectivity index (χ3v) is 3.05. The maximum absolute atomic E-state index is 13.8. The highest BCUT2D eigenvalue weighted by Gasteiger charge is 2.12. The first-order valence-electron chi connectivity index (χ1n) is 6.48. The van der Waals surface area contributed by atoms with E-state index in [4.69, 9.17) is 15.0 Å². The first-order chi connectivity index (χ1) is 11.3. The van der Waals surface area contributed by atoms with Gasteiger partial charge in [0.05, 0.1) is 11.2 Å². The number of aromatic nitrogens is 1. The van der Waals surface area contributed by atoms with Gasteiger partial charge in [-0.3, -0.25) is 4.79 Å². The highest BCUT2D eigenvalue weighted by atomic mass is 19.2. The van der Waals surface area contributed by atoms with Crippen molar-refractivity contribution in [1.82, 2.24) is 4.57 Å². The summed E-state index contributed by atoms with van der Waals surface area (Å²) in [5.41, 5.74) is -0.184. The number of para-hydroxylation sites is 1. The average molecular weight is 337 g/mol. The molecule has 0 spiro atoms. The van der Waals surface area contributed by atoms with Crippen LogP contribution in [0.25, 0.3) is 16.6 Å². The molecule has 0 radical (unpaired) electrons. The van der Waals surface area contributed by atoms with E-state index in [1.807, 2.05) is 0 Å². The Balaban J connectivity index is 0.000000471. The van der Waals surface area contributed by atoms with Gasteiger partial charge in [-0.15, -0.1) is 0 Å². The molecule has 3 aromatic rings. The number of benzene rings is 2. The largest absolute Gasteiger partial charge is 0.503 e. The third-order valence-electron chi connectivity index (χ3n) is 3.05. The Kier molecular flexibility index (Phi) is 4.88. The van der Waals surface area contributed by atoms with Gasteiger partial charge in [0, 0.05) is 23.7 Å². The van der Waals surface area contributed by atoms with Crippen molar-refractivity contribution in [3.05, 3.63) is 76.3 Å². The number of hydrogen-bond donors (Lipinski definition) is 2. The standard InChI is InChI=1S/C15H8F3NO.CH2O3/c16-10-3-1-2-4-13(10)19-6-5-15(20)9-7-11(17)12(18)8-14(9)19;2-1(3)4/h1-8H;(H2,2,3,4). The number of hydrogen-bond acceptors (Lipinski definition) is 2. The molecule has 0 amide bonds. The predicted molar refractivity (Wildman–Crippen MR) is 80.1 cm³/mol. The van der Waals surface area contributed by atoms with Gasteiger partial charge in [-0.05, 0) is 18.2 Å². The monoisotopic (exact) mass is 337 g/mol. The van der Waals surface area contributed by atoms with Crippen LogP contribution in [0, 0.1) is 17.5 Å². The highest BCUT2D eigenvalue weighted by molar-refractivity contribution is 5.80. The van der Waals surface area contributed by atoms with Crippen LogP contribution in [0.1, 0.15) is 0 Å². The Hall–Kier alpha value is -3.29. The molecule has 1 heterocycles. The molecule has 0 unspecified atom stereocenters. The Morgan fingerprint density at radius 2 is 1.50 bits per heavy atom. The Labute approximate surface area is 132 Å². The molecule has 2 aromatic carbocycles. The summed E-state index contributed by atoms with van der Waals surface area (Å²) in [6, 6.07) is 8.76. The van der Waals surface area contributed by atoms with Crippen LogP contribution in [-0.2, 0) is 0 Å². The van der Waals surface area contributed by atoms with E-state index < -0.39 is 29.0 Å². The minimum absolute atomic E-state index is 0.00495. The molecule has 1 aromatic heterocycles. The topological polar surface area (TPSA) is 79.5 Å². The van der Waals surface area contributed by atoms with Gasteiger partial charge in [-0.25, -0.2) is 18.0 Å². The maximum Gasteiger partial charge on any atom is 0.503 e. The summed E-state index contributed by atoms with van der Waals surface area (Å²) < 4.78 is 41.8. The van der Waals surface area contributed by atoms with Crippen LogP contribution in [-0.4, -0.2) is 20.9 Å². The van der Waals surface area contributed by atoms with E-state index in [1.54, 1.807) is 6.07 Å². The van der Waals surface area contributed by atoms with Crippen molar-refractivity contribution in [1.29, 1.82) is 0 Å². The first-order valence-corrected chi connectivity index (χ1v) is 6.48. The van der Waals surface area contributed by atoms with E-state index in [0.717, 1.165) is 12.1 Å². The molecule has 0 saturated carbocycles. The fourth-order valence-electron chi connectivity index (χ4n) is 2.10. The van der Waals surface area contributed by atoms with Crippen molar-refractivity contribution < 1.29 is 28.2 Å². The zero-order valence-electron chi connectivity index (χ0n) is 11.9. The summed E-state index contributed by atoms with van der Waals surface area (Å²) in [6.45, 7) is 0. The molecule has 0 aliphatic heterocycles. The zero-order chi connectivity index (χ0) is 17.9. The maximum atomic E-state index is 13.8. The normalized spacial score (nSPS) is 10.1. The van der Waals surface area contributed by atoms with Crippen molar-refractivity contribution in [2.24, 2.45) is 0 Å². The molecule has 2 N–H and O–H groups in total. The van der Waals surface area contributed by atoms with Gasteiger partial charge < -0.3 is 14.8 Å². The van der Waals surface area contributed by atoms with Crippen LogP contribution in [0.5, 0.6) is 0 Å². The SMILES string of the molecule is O=C(O)O.O=c1ccn(-c2ccccc2F)c2cc(F)c(F)cc12. The summed E-state index contributed by atoms with van der Waals surface area (Å²) in [5, 5.41) is 13.9. The smallest absolute Gasteiger partial charge is 0.450 e. The molecule has 5 nitrogen and oxygen atoms in total. The third kappa shape index (κ3) is 3.54. The van der Waals surface area contributed by atoms with Crippen molar-refractivity contribution >= 4 is 17.1 Å². The van der Waals surface area contributed by atoms with Crippen molar-refractivity contribution in [3.63, 3.8) is 0 Å². The summed E-state index contributed by atoms with van der Waals surface area (Å²) in [7, 11) is 0. The number of nitrogens with zero attached hydrogens (tertiary/aromatic N) is 1. The lowest BCUT2D eigenvalue weighted by atomic mass is 10.2. The number of fused-ring (bicyclic) bond motifs is 1. The van der Waals surface area contributed by atoms with Crippen molar-refractivity contribution in [2.75, 3.05) is 0 Å². The van der Waals surface area contributed by atoms with E-state index in [1.165, 1.54) is 35.0 Å². The number of rotatable bonds is 1. The van der Waals surface area contributed by atoms with Gasteiger partial charge in [0.25, 0.3) is 0 Å². The molecule has 0 saturated heterocycles. The highest BCUT2D eigenvalue weighted by Crippen LogP contribution is 2.21. The zero-order valence-corrected chi connectivity index (χ0v) is 11.9. The number of carboxylic acid groups (broad SMARTS) is 2. The van der Waals surface area contributed by atoms with Crippen LogP contribution in [0.4, 0.5) is 18.0 Å². The van der Waals surface area contributed by atoms with E-state index in [2.05, 4.69) is 0 Å². The van der Waals surface area contributed by atoms with Gasteiger partial charge >= 0.3 is 6.16 Å². The second-order valence-electron chi connectivity index (χ2n) is 4.57. The van der Waals surface area contributed by atoms with Crippen LogP contribution in [0.15, 0.2) is 53.5 Å². The second-order valence-corrected chi connectivity index (χ2v) is 4.57. The molecule has 0 atom stereocenters. The van der Waals surface area contributed by atoms with Crippen LogP contribution >= 0.6 is 0 Å². The fourth-order valence-corrected chi connectivity index (χ4v) is 2.10. The lowest BCUT2D eigenvalue weighted by Crippen LogP contribution is -2.08. The minimum Gasteiger partial charge on any atom is -0.450 e. The van der Waals surface area contributed by atoms with Crippen LogP contribution in [0.3, 0.4) is 0 Å². The molecule has 124 valence electrons. The quantitative estimate of drug-likeness (QED) is 0.711. The number of pyridine rings is 1. The van der Waals surface area contributed by atoms with E-state index in [0.29, 0.717) is 0 Å². The van der Waals surface area contributed by atoms with Crippen LogP contribution < -0.4 is 5.43 Å². The Morgan fingerprint density at radius 1 is 0.917 bits per heavy atom. The second kappa shape index (κ2) is 6.86. The van der Waals surface area contributed by atoms with Crippen molar-refractivity contribution in [3.8, 4) is 5.69 Å². The molecule has 3 rings (SSSR count). The van der Waals surface area contributed by atoms with E-state index >= 15 is 0 Å². The lowest BCUT2D eigenvalue weighted by molar-refractivity contribution is 0.137. The van der Waals surface area contributed by atoms with Crippen molar-refractivity contribution in [2.45, 2.75) is 0 Å². The fraction of sp³-hybridized carbons (Fsp3) is 0. The Morgan fingerprint density at radius 3 is 2.12 bits per heavy atom. The molecule has 8 heteroatoms. The summed E-state index contributed by atoms with van der Waals surface area (Å²) in [6.07, 6.45) is -0.500. The molecular formula is C16H10F3NO4. The molecule has 24 heavy (non-hydrogen) atoms. The molecule has 0 fully saturated rings. The molecule has 0 bridgehead atoms. The van der Waals surface area contributed by atoms with Gasteiger partial charge in [0.15, 0.2) is 17.1 Å². The van der Waals surface area contributed by atoms with Gasteiger partial charge in [-0.2, -0.15) is 0 Å². The average Bonchev–Trinajstić information content (AvgIpc) is 2.50. The number of carbonyl (C=O) groups is 1. The van der Waals surface area contributed by atoms with Gasteiger partial charge in [0.2, 0.25) is 0 Å². The summed E-state index contributed by atoms with van der Waals surface area (Å²) >= 11 is 0. The summed E-state index contributed by atoms with van der Waals surface area (Å²) in [4.78, 5) is 20.3. The van der Waals surface area contributed by atoms with E-state index in [9.17, 15) is 18.0 Å². The first kappa shape index (κ1) is 17.1. The molecular weight excluding hydrogens is 327 g/mol. The summed E-state index contributed by atoms with van der Waals surface area (Å²) in [5.74, 6) is -2.73. The Bertz CT molecular complexity index is 965. The number of halogens is 3. The lowest BCUT2D eigenvalue weighted by Gasteiger charge is -2.11.